The van der Waals surface area contributed by atoms with Crippen molar-refractivity contribution in [3.63, 3.8) is 0 Å². The van der Waals surface area contributed by atoms with Gasteiger partial charge in [0.1, 0.15) is 0 Å². The van der Waals surface area contributed by atoms with Crippen molar-refractivity contribution in [2.75, 3.05) is 0 Å². The second-order valence-corrected chi connectivity index (χ2v) is 6.25. The first-order valence-electron chi connectivity index (χ1n) is 5.82. The Hall–Kier alpha value is -0.290. The van der Waals surface area contributed by atoms with Crippen LogP contribution in [0.5, 0.6) is 0 Å². The Kier molecular flexibility index (Phi) is 4.31. The quantitative estimate of drug-likeness (QED) is 0.809. The van der Waals surface area contributed by atoms with E-state index in [-0.39, 0.29) is 11.9 Å². The van der Waals surface area contributed by atoms with E-state index in [1.54, 1.807) is 6.07 Å². The SMILES string of the molecule is CC(CC1CC1)NC(=O)c1ccc(I)c(Cl)c1. The molecule has 0 bridgehead atoms. The highest BCUT2D eigenvalue weighted by molar-refractivity contribution is 14.1. The van der Waals surface area contributed by atoms with Crippen LogP contribution in [-0.4, -0.2) is 11.9 Å². The number of carbonyl (C=O) groups is 1. The molecule has 1 N–H and O–H groups in total. The summed E-state index contributed by atoms with van der Waals surface area (Å²) in [6.07, 6.45) is 3.72. The molecule has 17 heavy (non-hydrogen) atoms. The molecule has 1 aromatic carbocycles. The van der Waals surface area contributed by atoms with Gasteiger partial charge in [0.15, 0.2) is 0 Å². The maximum atomic E-state index is 11.9. The number of hydrogen-bond acceptors (Lipinski definition) is 1. The fraction of sp³-hybridized carbons (Fsp3) is 0.462. The maximum Gasteiger partial charge on any atom is 0.251 e. The van der Waals surface area contributed by atoms with Crippen LogP contribution in [0.15, 0.2) is 18.2 Å². The van der Waals surface area contributed by atoms with Crippen molar-refractivity contribution in [1.82, 2.24) is 5.32 Å². The van der Waals surface area contributed by atoms with Crippen LogP contribution in [0.2, 0.25) is 5.02 Å². The molecule has 1 aromatic rings. The van der Waals surface area contributed by atoms with Gasteiger partial charge in [0, 0.05) is 15.2 Å². The average Bonchev–Trinajstić information content (AvgIpc) is 3.05. The molecule has 2 rings (SSSR count). The van der Waals surface area contributed by atoms with Gasteiger partial charge in [-0.05, 0) is 60.1 Å². The first kappa shape index (κ1) is 13.1. The lowest BCUT2D eigenvalue weighted by Gasteiger charge is -2.13. The third-order valence-corrected chi connectivity index (χ3v) is 4.52. The normalized spacial score (nSPS) is 16.6. The molecule has 0 aromatic heterocycles. The van der Waals surface area contributed by atoms with Crippen LogP contribution in [0.4, 0.5) is 0 Å². The van der Waals surface area contributed by atoms with E-state index in [2.05, 4.69) is 34.8 Å². The molecule has 2 nitrogen and oxygen atoms in total. The van der Waals surface area contributed by atoms with Crippen LogP contribution >= 0.6 is 34.2 Å². The molecule has 4 heteroatoms. The van der Waals surface area contributed by atoms with Crippen molar-refractivity contribution in [3.05, 3.63) is 32.4 Å². The average molecular weight is 364 g/mol. The van der Waals surface area contributed by atoms with Crippen molar-refractivity contribution in [1.29, 1.82) is 0 Å². The predicted octanol–water partition coefficient (Wildman–Crippen LogP) is 3.86. The summed E-state index contributed by atoms with van der Waals surface area (Å²) in [5.41, 5.74) is 0.637. The van der Waals surface area contributed by atoms with Crippen LogP contribution in [0.1, 0.15) is 36.5 Å². The van der Waals surface area contributed by atoms with Crippen molar-refractivity contribution in [2.24, 2.45) is 5.92 Å². The first-order chi connectivity index (χ1) is 8.06. The smallest absolute Gasteiger partial charge is 0.251 e. The van der Waals surface area contributed by atoms with Gasteiger partial charge in [-0.25, -0.2) is 0 Å². The summed E-state index contributed by atoms with van der Waals surface area (Å²) >= 11 is 8.15. The van der Waals surface area contributed by atoms with Gasteiger partial charge in [-0.1, -0.05) is 24.4 Å². The molecule has 1 unspecified atom stereocenters. The minimum absolute atomic E-state index is 0.0311. The molecule has 0 spiro atoms. The molecule has 0 heterocycles. The lowest BCUT2D eigenvalue weighted by molar-refractivity contribution is 0.0937. The van der Waals surface area contributed by atoms with Crippen LogP contribution in [-0.2, 0) is 0 Å². The Morgan fingerprint density at radius 2 is 2.29 bits per heavy atom. The van der Waals surface area contributed by atoms with E-state index in [0.717, 1.165) is 15.9 Å². The van der Waals surface area contributed by atoms with Gasteiger partial charge in [0.2, 0.25) is 0 Å². The van der Waals surface area contributed by atoms with E-state index in [1.807, 2.05) is 12.1 Å². The third kappa shape index (κ3) is 3.85. The number of nitrogens with one attached hydrogen (secondary N) is 1. The highest BCUT2D eigenvalue weighted by Crippen LogP contribution is 2.33. The predicted molar refractivity (Wildman–Crippen MR) is 78.4 cm³/mol. The van der Waals surface area contributed by atoms with E-state index < -0.39 is 0 Å². The molecule has 1 aliphatic carbocycles. The van der Waals surface area contributed by atoms with E-state index >= 15 is 0 Å². The number of rotatable bonds is 4. The van der Waals surface area contributed by atoms with Gasteiger partial charge in [-0.15, -0.1) is 0 Å². The van der Waals surface area contributed by atoms with Gasteiger partial charge >= 0.3 is 0 Å². The Bertz CT molecular complexity index is 431. The van der Waals surface area contributed by atoms with Gasteiger partial charge in [0.05, 0.1) is 5.02 Å². The second kappa shape index (κ2) is 5.57. The molecule has 1 atom stereocenters. The Labute approximate surface area is 120 Å². The first-order valence-corrected chi connectivity index (χ1v) is 7.28. The fourth-order valence-electron chi connectivity index (χ4n) is 1.86. The largest absolute Gasteiger partial charge is 0.350 e. The summed E-state index contributed by atoms with van der Waals surface area (Å²) < 4.78 is 0.965. The molecule has 1 fully saturated rings. The molecule has 0 saturated heterocycles. The number of halogens is 2. The number of hydrogen-bond donors (Lipinski definition) is 1. The zero-order chi connectivity index (χ0) is 12.4. The molecular weight excluding hydrogens is 349 g/mol. The van der Waals surface area contributed by atoms with Crippen LogP contribution < -0.4 is 5.32 Å². The zero-order valence-corrected chi connectivity index (χ0v) is 12.6. The topological polar surface area (TPSA) is 29.1 Å². The minimum Gasteiger partial charge on any atom is -0.350 e. The van der Waals surface area contributed by atoms with E-state index in [4.69, 9.17) is 11.6 Å². The van der Waals surface area contributed by atoms with E-state index in [1.165, 1.54) is 12.8 Å². The van der Waals surface area contributed by atoms with Crippen molar-refractivity contribution in [2.45, 2.75) is 32.2 Å². The highest BCUT2D eigenvalue weighted by Gasteiger charge is 2.24. The summed E-state index contributed by atoms with van der Waals surface area (Å²) in [5.74, 6) is 0.794. The standard InChI is InChI=1S/C13H15ClINO/c1-8(6-9-2-3-9)16-13(17)10-4-5-12(15)11(14)7-10/h4-5,7-9H,2-3,6H2,1H3,(H,16,17). The number of benzene rings is 1. The molecule has 92 valence electrons. The van der Waals surface area contributed by atoms with Crippen molar-refractivity contribution in [3.8, 4) is 0 Å². The summed E-state index contributed by atoms with van der Waals surface area (Å²) in [4.78, 5) is 11.9. The van der Waals surface area contributed by atoms with E-state index in [9.17, 15) is 4.79 Å². The summed E-state index contributed by atoms with van der Waals surface area (Å²) in [5, 5.41) is 3.65. The third-order valence-electron chi connectivity index (χ3n) is 2.94. The fourth-order valence-corrected chi connectivity index (χ4v) is 2.37. The summed E-state index contributed by atoms with van der Waals surface area (Å²) in [6, 6.07) is 5.65. The highest BCUT2D eigenvalue weighted by atomic mass is 127. The van der Waals surface area contributed by atoms with Gasteiger partial charge in [-0.3, -0.25) is 4.79 Å². The lowest BCUT2D eigenvalue weighted by Crippen LogP contribution is -2.32. The van der Waals surface area contributed by atoms with E-state index in [0.29, 0.717) is 10.6 Å². The van der Waals surface area contributed by atoms with Crippen LogP contribution in [0, 0.1) is 9.49 Å². The van der Waals surface area contributed by atoms with Crippen molar-refractivity contribution >= 4 is 40.1 Å². The molecule has 0 radical (unpaired) electrons. The van der Waals surface area contributed by atoms with Gasteiger partial charge in [-0.2, -0.15) is 0 Å². The minimum atomic E-state index is -0.0311. The Morgan fingerprint density at radius 3 is 2.88 bits per heavy atom. The van der Waals surface area contributed by atoms with Gasteiger partial charge < -0.3 is 5.32 Å². The monoisotopic (exact) mass is 363 g/mol. The Balaban J connectivity index is 1.95. The molecule has 1 saturated carbocycles. The Morgan fingerprint density at radius 1 is 1.59 bits per heavy atom. The number of amides is 1. The summed E-state index contributed by atoms with van der Waals surface area (Å²) in [6.45, 7) is 2.06. The second-order valence-electron chi connectivity index (χ2n) is 4.68. The number of carbonyl (C=O) groups excluding carboxylic acids is 1. The zero-order valence-electron chi connectivity index (χ0n) is 9.67. The lowest BCUT2D eigenvalue weighted by atomic mass is 10.1. The van der Waals surface area contributed by atoms with Crippen LogP contribution in [0.25, 0.3) is 0 Å². The summed E-state index contributed by atoms with van der Waals surface area (Å²) in [7, 11) is 0. The van der Waals surface area contributed by atoms with Gasteiger partial charge in [0.25, 0.3) is 5.91 Å². The molecular formula is C13H15ClINO. The molecule has 0 aliphatic heterocycles. The maximum absolute atomic E-state index is 11.9. The van der Waals surface area contributed by atoms with Crippen molar-refractivity contribution < 1.29 is 4.79 Å². The molecule has 1 aliphatic rings. The van der Waals surface area contributed by atoms with Crippen LogP contribution in [0.3, 0.4) is 0 Å². The molecule has 1 amide bonds.